The van der Waals surface area contributed by atoms with E-state index in [2.05, 4.69) is 0 Å². The van der Waals surface area contributed by atoms with E-state index in [4.69, 9.17) is 44.3 Å². The van der Waals surface area contributed by atoms with E-state index in [1.807, 2.05) is 6.07 Å². The second-order valence-corrected chi connectivity index (χ2v) is 9.23. The summed E-state index contributed by atoms with van der Waals surface area (Å²) in [5.41, 5.74) is -0.393. The molecule has 0 radical (unpaired) electrons. The summed E-state index contributed by atoms with van der Waals surface area (Å²) in [5.74, 6) is -0.530. The van der Waals surface area contributed by atoms with E-state index >= 15 is 0 Å². The van der Waals surface area contributed by atoms with Gasteiger partial charge in [0.15, 0.2) is 5.75 Å². The zero-order valence-electron chi connectivity index (χ0n) is 16.9. The Kier molecular flexibility index (Phi) is 8.73. The minimum absolute atomic E-state index is 0.00197. The van der Waals surface area contributed by atoms with Crippen LogP contribution in [-0.4, -0.2) is 38.4 Å². The third-order valence-electron chi connectivity index (χ3n) is 4.19. The zero-order valence-corrected chi connectivity index (χ0v) is 19.9. The molecule has 0 amide bonds. The highest BCUT2D eigenvalue weighted by Gasteiger charge is 2.25. The summed E-state index contributed by atoms with van der Waals surface area (Å²) < 4.78 is 37.3. The van der Waals surface area contributed by atoms with Gasteiger partial charge in [-0.05, 0) is 24.3 Å². The third kappa shape index (κ3) is 5.44. The molecule has 0 aliphatic heterocycles. The Morgan fingerprint density at radius 2 is 1.62 bits per heavy atom. The molecule has 2 aromatic carbocycles. The lowest BCUT2D eigenvalue weighted by Crippen LogP contribution is -2.34. The number of carbonyl (C=O) groups is 1. The fourth-order valence-corrected chi connectivity index (χ4v) is 4.75. The second-order valence-electron chi connectivity index (χ2n) is 6.15. The van der Waals surface area contributed by atoms with Crippen LogP contribution in [0.2, 0.25) is 15.1 Å². The molecule has 12 heteroatoms. The van der Waals surface area contributed by atoms with Crippen LogP contribution in [0.4, 0.5) is 0 Å². The quantitative estimate of drug-likeness (QED) is 0.366. The largest absolute Gasteiger partial charge is 0.464 e. The minimum Gasteiger partial charge on any atom is -0.464 e. The number of halogens is 3. The van der Waals surface area contributed by atoms with Crippen molar-refractivity contribution in [3.05, 3.63) is 50.5 Å². The monoisotopic (exact) mass is 515 g/mol. The van der Waals surface area contributed by atoms with Crippen LogP contribution in [-0.2, 0) is 19.6 Å². The van der Waals surface area contributed by atoms with Crippen molar-refractivity contribution in [2.45, 2.75) is 18.7 Å². The highest BCUT2D eigenvalue weighted by molar-refractivity contribution is 7.89. The molecule has 0 unspecified atom stereocenters. The fourth-order valence-electron chi connectivity index (χ4n) is 2.63. The SMILES string of the molecule is CCN(CCOC(C)=O)S(=O)(=O)c1ccc(Oc2c(Cl)c(Cl)c(Cl)c(C#N)c2C#N)cc1. The van der Waals surface area contributed by atoms with Gasteiger partial charge >= 0.3 is 5.97 Å². The molecule has 0 bridgehead atoms. The first-order valence-electron chi connectivity index (χ1n) is 9.00. The average molecular weight is 517 g/mol. The molecule has 0 heterocycles. The van der Waals surface area contributed by atoms with E-state index in [1.165, 1.54) is 31.2 Å². The summed E-state index contributed by atoms with van der Waals surface area (Å²) in [6.07, 6.45) is 0. The number of rotatable bonds is 8. The number of ether oxygens (including phenoxy) is 2. The molecule has 2 aromatic rings. The molecule has 0 spiro atoms. The molecule has 8 nitrogen and oxygen atoms in total. The lowest BCUT2D eigenvalue weighted by atomic mass is 10.1. The van der Waals surface area contributed by atoms with Gasteiger partial charge in [0, 0.05) is 20.0 Å². The van der Waals surface area contributed by atoms with Gasteiger partial charge in [-0.2, -0.15) is 14.8 Å². The second kappa shape index (κ2) is 10.9. The first-order chi connectivity index (χ1) is 15.1. The van der Waals surface area contributed by atoms with Gasteiger partial charge in [0.1, 0.15) is 35.1 Å². The molecule has 0 N–H and O–H groups in total. The number of carbonyl (C=O) groups excluding carboxylic acids is 1. The summed E-state index contributed by atoms with van der Waals surface area (Å²) in [5, 5.41) is 18.2. The zero-order chi connectivity index (χ0) is 24.1. The van der Waals surface area contributed by atoms with E-state index in [1.54, 1.807) is 13.0 Å². The molecule has 0 fully saturated rings. The molecular weight excluding hydrogens is 501 g/mol. The number of benzene rings is 2. The Bertz CT molecular complexity index is 1220. The van der Waals surface area contributed by atoms with Gasteiger partial charge in [-0.3, -0.25) is 4.79 Å². The molecule has 0 atom stereocenters. The molecule has 0 saturated carbocycles. The minimum atomic E-state index is -3.86. The molecule has 2 rings (SSSR count). The molecule has 0 aromatic heterocycles. The van der Waals surface area contributed by atoms with Crippen LogP contribution >= 0.6 is 34.8 Å². The van der Waals surface area contributed by atoms with Gasteiger partial charge in [0.05, 0.1) is 20.5 Å². The smallest absolute Gasteiger partial charge is 0.302 e. The molecule has 32 heavy (non-hydrogen) atoms. The molecule has 0 aliphatic carbocycles. The van der Waals surface area contributed by atoms with E-state index in [0.717, 1.165) is 4.31 Å². The third-order valence-corrected chi connectivity index (χ3v) is 7.48. The van der Waals surface area contributed by atoms with Crippen molar-refractivity contribution in [1.29, 1.82) is 10.5 Å². The first-order valence-corrected chi connectivity index (χ1v) is 11.6. The van der Waals surface area contributed by atoms with Crippen molar-refractivity contribution in [3.8, 4) is 23.6 Å². The van der Waals surface area contributed by atoms with Crippen LogP contribution < -0.4 is 4.74 Å². The van der Waals surface area contributed by atoms with Gasteiger partial charge in [-0.15, -0.1) is 0 Å². The number of nitriles is 2. The number of nitrogens with zero attached hydrogens (tertiary/aromatic N) is 3. The Hall–Kier alpha value is -2.53. The number of likely N-dealkylation sites (N-methyl/N-ethyl adjacent to an activating group) is 1. The van der Waals surface area contributed by atoms with Crippen LogP contribution in [0.3, 0.4) is 0 Å². The number of hydrogen-bond acceptors (Lipinski definition) is 7. The van der Waals surface area contributed by atoms with Crippen LogP contribution in [0.25, 0.3) is 0 Å². The molecular formula is C20H16Cl3N3O5S. The van der Waals surface area contributed by atoms with Crippen LogP contribution in [0.1, 0.15) is 25.0 Å². The lowest BCUT2D eigenvalue weighted by molar-refractivity contribution is -0.141. The van der Waals surface area contributed by atoms with Gasteiger partial charge in [-0.25, -0.2) is 8.42 Å². The van der Waals surface area contributed by atoms with Crippen molar-refractivity contribution >= 4 is 50.8 Å². The Labute approximate surface area is 200 Å². The maximum atomic E-state index is 12.8. The van der Waals surface area contributed by atoms with Crippen LogP contribution in [0, 0.1) is 22.7 Å². The number of hydrogen-bond donors (Lipinski definition) is 0. The Balaban J connectivity index is 2.35. The van der Waals surface area contributed by atoms with Gasteiger partial charge in [0.25, 0.3) is 0 Å². The van der Waals surface area contributed by atoms with Crippen molar-refractivity contribution in [3.63, 3.8) is 0 Å². The maximum absolute atomic E-state index is 12.8. The summed E-state index contributed by atoms with van der Waals surface area (Å²) in [4.78, 5) is 10.9. The summed E-state index contributed by atoms with van der Waals surface area (Å²) in [6.45, 7) is 2.99. The summed E-state index contributed by atoms with van der Waals surface area (Å²) in [6, 6.07) is 8.94. The van der Waals surface area contributed by atoms with E-state index in [-0.39, 0.29) is 62.3 Å². The Morgan fingerprint density at radius 3 is 2.12 bits per heavy atom. The van der Waals surface area contributed by atoms with Crippen molar-refractivity contribution in [2.24, 2.45) is 0 Å². The van der Waals surface area contributed by atoms with E-state index in [9.17, 15) is 23.7 Å². The maximum Gasteiger partial charge on any atom is 0.302 e. The normalized spacial score (nSPS) is 11.0. The highest BCUT2D eigenvalue weighted by atomic mass is 35.5. The predicted octanol–water partition coefficient (Wildman–Crippen LogP) is 4.76. The molecule has 168 valence electrons. The van der Waals surface area contributed by atoms with Crippen molar-refractivity contribution in [2.75, 3.05) is 19.7 Å². The van der Waals surface area contributed by atoms with Crippen molar-refractivity contribution in [1.82, 2.24) is 4.31 Å². The number of esters is 1. The predicted molar refractivity (Wildman–Crippen MR) is 118 cm³/mol. The van der Waals surface area contributed by atoms with Crippen molar-refractivity contribution < 1.29 is 22.7 Å². The van der Waals surface area contributed by atoms with Gasteiger partial charge in [0.2, 0.25) is 10.0 Å². The van der Waals surface area contributed by atoms with Crippen LogP contribution in [0.15, 0.2) is 29.2 Å². The molecule has 0 saturated heterocycles. The van der Waals surface area contributed by atoms with Crippen LogP contribution in [0.5, 0.6) is 11.5 Å². The summed E-state index contributed by atoms with van der Waals surface area (Å²) >= 11 is 18.2. The topological polar surface area (TPSA) is 120 Å². The Morgan fingerprint density at radius 1 is 1.03 bits per heavy atom. The standard InChI is InChI=1S/C20H16Cl3N3O5S/c1-3-26(8-9-30-12(2)27)32(28,29)14-6-4-13(5-7-14)31-20-16(11-25)15(10-24)17(21)18(22)19(20)23/h4-7H,3,8-9H2,1-2H3. The number of sulfonamides is 1. The molecule has 0 aliphatic rings. The van der Waals surface area contributed by atoms with E-state index < -0.39 is 16.0 Å². The first kappa shape index (κ1) is 25.7. The van der Waals surface area contributed by atoms with E-state index in [0.29, 0.717) is 0 Å². The fraction of sp³-hybridized carbons (Fsp3) is 0.250. The van der Waals surface area contributed by atoms with Gasteiger partial charge in [-0.1, -0.05) is 41.7 Å². The average Bonchev–Trinajstić information content (AvgIpc) is 2.76. The van der Waals surface area contributed by atoms with Gasteiger partial charge < -0.3 is 9.47 Å². The highest BCUT2D eigenvalue weighted by Crippen LogP contribution is 2.44. The summed E-state index contributed by atoms with van der Waals surface area (Å²) in [7, 11) is -3.86. The lowest BCUT2D eigenvalue weighted by Gasteiger charge is -2.20.